The van der Waals surface area contributed by atoms with Gasteiger partial charge in [0.05, 0.1) is 5.56 Å². The van der Waals surface area contributed by atoms with Crippen LogP contribution in [0, 0.1) is 5.92 Å². The zero-order valence-electron chi connectivity index (χ0n) is 12.3. The van der Waals surface area contributed by atoms with Crippen LogP contribution >= 0.6 is 11.3 Å². The molecule has 0 radical (unpaired) electrons. The van der Waals surface area contributed by atoms with Crippen molar-refractivity contribution in [1.29, 1.82) is 0 Å². The highest BCUT2D eigenvalue weighted by Crippen LogP contribution is 2.39. The highest BCUT2D eigenvalue weighted by Gasteiger charge is 2.27. The van der Waals surface area contributed by atoms with Gasteiger partial charge in [-0.3, -0.25) is 9.59 Å². The lowest BCUT2D eigenvalue weighted by Crippen LogP contribution is -2.22. The minimum Gasteiger partial charge on any atom is -0.355 e. The van der Waals surface area contributed by atoms with Crippen LogP contribution in [0.2, 0.25) is 0 Å². The van der Waals surface area contributed by atoms with Gasteiger partial charge in [0.2, 0.25) is 5.91 Å². The lowest BCUT2D eigenvalue weighted by molar-refractivity contribution is -0.116. The van der Waals surface area contributed by atoms with E-state index in [1.807, 2.05) is 6.92 Å². The van der Waals surface area contributed by atoms with E-state index < -0.39 is 0 Å². The Labute approximate surface area is 124 Å². The summed E-state index contributed by atoms with van der Waals surface area (Å²) in [7, 11) is 1.63. The summed E-state index contributed by atoms with van der Waals surface area (Å²) < 4.78 is 0. The number of carbonyl (C=O) groups is 2. The van der Waals surface area contributed by atoms with E-state index in [1.165, 1.54) is 4.88 Å². The Kier molecular flexibility index (Phi) is 4.81. The number of nitrogens with one attached hydrogen (secondary N) is 2. The van der Waals surface area contributed by atoms with Crippen LogP contribution in [0.1, 0.15) is 53.9 Å². The van der Waals surface area contributed by atoms with Gasteiger partial charge < -0.3 is 10.6 Å². The summed E-state index contributed by atoms with van der Waals surface area (Å²) in [6.07, 6.45) is 4.35. The highest BCUT2D eigenvalue weighted by molar-refractivity contribution is 7.17. The SMILES string of the molecule is CCCC(=O)Nc1sc2c(c1C(=O)NC)CCC(C)C2. The van der Waals surface area contributed by atoms with E-state index in [1.54, 1.807) is 18.4 Å². The molecule has 0 aliphatic heterocycles. The maximum absolute atomic E-state index is 12.1. The highest BCUT2D eigenvalue weighted by atomic mass is 32.1. The maximum atomic E-state index is 12.1. The van der Waals surface area contributed by atoms with Crippen LogP contribution in [0.15, 0.2) is 0 Å². The number of hydrogen-bond acceptors (Lipinski definition) is 3. The fourth-order valence-corrected chi connectivity index (χ4v) is 4.04. The van der Waals surface area contributed by atoms with Crippen molar-refractivity contribution >= 4 is 28.2 Å². The van der Waals surface area contributed by atoms with Gasteiger partial charge in [0.15, 0.2) is 0 Å². The Hall–Kier alpha value is -1.36. The van der Waals surface area contributed by atoms with Crippen molar-refractivity contribution in [2.24, 2.45) is 5.92 Å². The molecule has 2 rings (SSSR count). The van der Waals surface area contributed by atoms with Crippen molar-refractivity contribution in [2.75, 3.05) is 12.4 Å². The molecule has 1 atom stereocenters. The average molecular weight is 294 g/mol. The third-order valence-electron chi connectivity index (χ3n) is 3.70. The van der Waals surface area contributed by atoms with Gasteiger partial charge in [0.25, 0.3) is 5.91 Å². The molecule has 5 heteroatoms. The van der Waals surface area contributed by atoms with E-state index >= 15 is 0 Å². The fourth-order valence-electron chi connectivity index (χ4n) is 2.62. The Morgan fingerprint density at radius 1 is 1.40 bits per heavy atom. The first-order valence-electron chi connectivity index (χ1n) is 7.23. The summed E-state index contributed by atoms with van der Waals surface area (Å²) in [6.45, 7) is 4.21. The van der Waals surface area contributed by atoms with Gasteiger partial charge in [-0.05, 0) is 37.2 Å². The molecule has 1 aromatic rings. The number of hydrogen-bond donors (Lipinski definition) is 2. The summed E-state index contributed by atoms with van der Waals surface area (Å²) in [4.78, 5) is 25.2. The summed E-state index contributed by atoms with van der Waals surface area (Å²) >= 11 is 1.57. The summed E-state index contributed by atoms with van der Waals surface area (Å²) in [5.41, 5.74) is 1.82. The van der Waals surface area contributed by atoms with Crippen LogP contribution in [0.4, 0.5) is 5.00 Å². The number of fused-ring (bicyclic) bond motifs is 1. The topological polar surface area (TPSA) is 58.2 Å². The molecule has 1 unspecified atom stereocenters. The molecule has 1 aromatic heterocycles. The van der Waals surface area contributed by atoms with Crippen molar-refractivity contribution in [2.45, 2.75) is 46.0 Å². The summed E-state index contributed by atoms with van der Waals surface area (Å²) in [6, 6.07) is 0. The van der Waals surface area contributed by atoms with Crippen LogP contribution in [-0.2, 0) is 17.6 Å². The van der Waals surface area contributed by atoms with E-state index in [-0.39, 0.29) is 11.8 Å². The normalized spacial score (nSPS) is 17.4. The first kappa shape index (κ1) is 15.0. The second-order valence-corrected chi connectivity index (χ2v) is 6.54. The van der Waals surface area contributed by atoms with E-state index in [4.69, 9.17) is 0 Å². The quantitative estimate of drug-likeness (QED) is 0.897. The first-order chi connectivity index (χ1) is 9.56. The van der Waals surface area contributed by atoms with Crippen LogP contribution in [0.3, 0.4) is 0 Å². The summed E-state index contributed by atoms with van der Waals surface area (Å²) in [5.74, 6) is 0.547. The standard InChI is InChI=1S/C15H22N2O2S/c1-4-5-12(18)17-15-13(14(19)16-3)10-7-6-9(2)8-11(10)20-15/h9H,4-8H2,1-3H3,(H,16,19)(H,17,18). The minimum absolute atomic E-state index is 0.00991. The molecule has 4 nitrogen and oxygen atoms in total. The molecule has 20 heavy (non-hydrogen) atoms. The van der Waals surface area contributed by atoms with Gasteiger partial charge in [-0.2, -0.15) is 0 Å². The zero-order valence-corrected chi connectivity index (χ0v) is 13.2. The molecular formula is C15H22N2O2S. The molecule has 0 saturated carbocycles. The van der Waals surface area contributed by atoms with E-state index in [0.717, 1.165) is 36.2 Å². The second kappa shape index (κ2) is 6.39. The second-order valence-electron chi connectivity index (χ2n) is 5.43. The number of rotatable bonds is 4. The predicted molar refractivity (Wildman–Crippen MR) is 82.4 cm³/mol. The number of thiophene rings is 1. The minimum atomic E-state index is -0.0937. The molecule has 0 aromatic carbocycles. The van der Waals surface area contributed by atoms with Gasteiger partial charge in [-0.15, -0.1) is 11.3 Å². The monoisotopic (exact) mass is 294 g/mol. The van der Waals surface area contributed by atoms with Crippen LogP contribution in [0.5, 0.6) is 0 Å². The van der Waals surface area contributed by atoms with Crippen molar-refractivity contribution in [1.82, 2.24) is 5.32 Å². The Morgan fingerprint density at radius 2 is 2.15 bits per heavy atom. The van der Waals surface area contributed by atoms with Crippen molar-refractivity contribution in [3.05, 3.63) is 16.0 Å². The van der Waals surface area contributed by atoms with Crippen molar-refractivity contribution in [3.63, 3.8) is 0 Å². The Balaban J connectivity index is 2.35. The van der Waals surface area contributed by atoms with Crippen molar-refractivity contribution < 1.29 is 9.59 Å². The molecule has 0 fully saturated rings. The molecule has 0 spiro atoms. The lowest BCUT2D eigenvalue weighted by Gasteiger charge is -2.18. The first-order valence-corrected chi connectivity index (χ1v) is 8.04. The fraction of sp³-hybridized carbons (Fsp3) is 0.600. The van der Waals surface area contributed by atoms with Gasteiger partial charge in [0.1, 0.15) is 5.00 Å². The van der Waals surface area contributed by atoms with E-state index in [9.17, 15) is 9.59 Å². The number of carbonyl (C=O) groups excluding carboxylic acids is 2. The Morgan fingerprint density at radius 3 is 2.80 bits per heavy atom. The predicted octanol–water partition coefficient (Wildman–Crippen LogP) is 2.97. The van der Waals surface area contributed by atoms with E-state index in [2.05, 4.69) is 17.6 Å². The van der Waals surface area contributed by atoms with E-state index in [0.29, 0.717) is 17.9 Å². The third-order valence-corrected chi connectivity index (χ3v) is 4.87. The van der Waals surface area contributed by atoms with Gasteiger partial charge in [0, 0.05) is 18.3 Å². The van der Waals surface area contributed by atoms with Gasteiger partial charge >= 0.3 is 0 Å². The molecule has 1 heterocycles. The van der Waals surface area contributed by atoms with Gasteiger partial charge in [-0.25, -0.2) is 0 Å². The van der Waals surface area contributed by atoms with Crippen LogP contribution < -0.4 is 10.6 Å². The lowest BCUT2D eigenvalue weighted by atomic mass is 9.88. The molecule has 2 N–H and O–H groups in total. The molecule has 0 saturated heterocycles. The molecule has 1 aliphatic carbocycles. The largest absolute Gasteiger partial charge is 0.355 e. The summed E-state index contributed by atoms with van der Waals surface area (Å²) in [5, 5.41) is 6.33. The smallest absolute Gasteiger partial charge is 0.254 e. The number of amides is 2. The third kappa shape index (κ3) is 3.03. The molecule has 110 valence electrons. The van der Waals surface area contributed by atoms with Gasteiger partial charge in [-0.1, -0.05) is 13.8 Å². The molecule has 2 amide bonds. The van der Waals surface area contributed by atoms with Crippen LogP contribution in [-0.4, -0.2) is 18.9 Å². The zero-order chi connectivity index (χ0) is 14.7. The molecule has 0 bridgehead atoms. The molecular weight excluding hydrogens is 272 g/mol. The number of anilines is 1. The Bertz CT molecular complexity index is 522. The maximum Gasteiger partial charge on any atom is 0.254 e. The molecule has 1 aliphatic rings. The average Bonchev–Trinajstić information content (AvgIpc) is 2.74. The van der Waals surface area contributed by atoms with Crippen molar-refractivity contribution in [3.8, 4) is 0 Å². The van der Waals surface area contributed by atoms with Crippen LogP contribution in [0.25, 0.3) is 0 Å².